The fourth-order valence-electron chi connectivity index (χ4n) is 2.27. The monoisotopic (exact) mass is 340 g/mol. The molecule has 0 bridgehead atoms. The highest BCUT2D eigenvalue weighted by Gasteiger charge is 2.10. The van der Waals surface area contributed by atoms with E-state index in [1.54, 1.807) is 18.2 Å². The summed E-state index contributed by atoms with van der Waals surface area (Å²) in [5.74, 6) is 1.45. The van der Waals surface area contributed by atoms with E-state index in [2.05, 4.69) is 19.9 Å². The third kappa shape index (κ3) is 3.20. The number of allylic oxidation sites excluding steroid dienone is 1. The number of carbonyl (C=O) groups is 1. The molecule has 128 valence electrons. The Morgan fingerprint density at radius 1 is 1.12 bits per heavy atom. The van der Waals surface area contributed by atoms with Gasteiger partial charge in [0.25, 0.3) is 0 Å². The summed E-state index contributed by atoms with van der Waals surface area (Å²) in [6.07, 6.45) is 2.91. The summed E-state index contributed by atoms with van der Waals surface area (Å²) in [4.78, 5) is 27.3. The highest BCUT2D eigenvalue weighted by molar-refractivity contribution is 6.07. The zero-order chi connectivity index (χ0) is 18.0. The first kappa shape index (κ1) is 16.2. The van der Waals surface area contributed by atoms with Crippen molar-refractivity contribution >= 4 is 34.8 Å². The largest absolute Gasteiger partial charge is 0.493 e. The van der Waals surface area contributed by atoms with Crippen molar-refractivity contribution in [3.8, 4) is 11.5 Å². The molecule has 0 fully saturated rings. The average Bonchev–Trinajstić information content (AvgIpc) is 3.02. The number of fused-ring (bicyclic) bond motifs is 1. The van der Waals surface area contributed by atoms with Gasteiger partial charge in [-0.15, -0.1) is 0 Å². The molecule has 1 aromatic carbocycles. The molecule has 2 heterocycles. The van der Waals surface area contributed by atoms with Gasteiger partial charge in [0.1, 0.15) is 11.3 Å². The quantitative estimate of drug-likeness (QED) is 0.467. The number of nitrogen functional groups attached to an aromatic ring is 2. The van der Waals surface area contributed by atoms with E-state index in [0.717, 1.165) is 0 Å². The molecule has 0 aliphatic carbocycles. The number of nitrogens with zero attached hydrogens (tertiary/aromatic N) is 3. The number of aromatic nitrogens is 4. The van der Waals surface area contributed by atoms with Gasteiger partial charge >= 0.3 is 0 Å². The maximum absolute atomic E-state index is 12.3. The van der Waals surface area contributed by atoms with Gasteiger partial charge in [0.2, 0.25) is 5.95 Å². The Labute approximate surface area is 142 Å². The van der Waals surface area contributed by atoms with Gasteiger partial charge in [-0.2, -0.15) is 9.97 Å². The van der Waals surface area contributed by atoms with Crippen LogP contribution in [0.2, 0.25) is 0 Å². The van der Waals surface area contributed by atoms with E-state index in [-0.39, 0.29) is 17.5 Å². The number of carbonyl (C=O) groups excluding carboxylic acids is 1. The maximum atomic E-state index is 12.3. The Morgan fingerprint density at radius 2 is 1.88 bits per heavy atom. The molecule has 0 aliphatic heterocycles. The number of anilines is 2. The minimum atomic E-state index is -0.222. The zero-order valence-electron chi connectivity index (χ0n) is 13.6. The van der Waals surface area contributed by atoms with E-state index in [9.17, 15) is 4.79 Å². The van der Waals surface area contributed by atoms with E-state index < -0.39 is 0 Å². The number of imidazole rings is 1. The van der Waals surface area contributed by atoms with Gasteiger partial charge in [-0.3, -0.25) is 4.79 Å². The van der Waals surface area contributed by atoms with Crippen LogP contribution >= 0.6 is 0 Å². The van der Waals surface area contributed by atoms with Crippen molar-refractivity contribution in [3.05, 3.63) is 35.7 Å². The normalized spacial score (nSPS) is 11.1. The van der Waals surface area contributed by atoms with Crippen LogP contribution in [0, 0.1) is 0 Å². The first-order valence-corrected chi connectivity index (χ1v) is 7.25. The highest BCUT2D eigenvalue weighted by Crippen LogP contribution is 2.27. The molecule has 0 amide bonds. The molecule has 3 aromatic rings. The van der Waals surface area contributed by atoms with Gasteiger partial charge in [0.15, 0.2) is 28.7 Å². The Bertz CT molecular complexity index is 979. The molecule has 9 nitrogen and oxygen atoms in total. The second-order valence-electron chi connectivity index (χ2n) is 5.06. The zero-order valence-corrected chi connectivity index (χ0v) is 13.6. The van der Waals surface area contributed by atoms with Crippen molar-refractivity contribution < 1.29 is 14.3 Å². The standard InChI is InChI=1S/C16H16N6O3/c1-24-10-5-3-8(7-11(10)25-2)9(23)4-6-12-19-13-14(17)21-16(18)22-15(13)20-12/h3-7H,1-2H3,(H5,17,18,19,20,21,22)/b6-4+. The average molecular weight is 340 g/mol. The van der Waals surface area contributed by atoms with Crippen LogP contribution < -0.4 is 20.9 Å². The first-order chi connectivity index (χ1) is 12.0. The van der Waals surface area contributed by atoms with Gasteiger partial charge in [0.05, 0.1) is 14.2 Å². The molecule has 9 heteroatoms. The smallest absolute Gasteiger partial charge is 0.224 e. The minimum Gasteiger partial charge on any atom is -0.493 e. The van der Waals surface area contributed by atoms with Crippen LogP contribution in [0.3, 0.4) is 0 Å². The van der Waals surface area contributed by atoms with Crippen LogP contribution in [0.25, 0.3) is 17.2 Å². The molecule has 0 radical (unpaired) electrons. The number of rotatable bonds is 5. The van der Waals surface area contributed by atoms with E-state index in [1.165, 1.54) is 26.4 Å². The van der Waals surface area contributed by atoms with Crippen molar-refractivity contribution in [2.75, 3.05) is 25.7 Å². The topological polar surface area (TPSA) is 142 Å². The molecule has 2 aromatic heterocycles. The highest BCUT2D eigenvalue weighted by atomic mass is 16.5. The minimum absolute atomic E-state index is 0.0356. The van der Waals surface area contributed by atoms with Gasteiger partial charge < -0.3 is 25.9 Å². The second kappa shape index (κ2) is 6.48. The number of H-pyrrole nitrogens is 1. The summed E-state index contributed by atoms with van der Waals surface area (Å²) < 4.78 is 10.3. The molecule has 25 heavy (non-hydrogen) atoms. The molecule has 0 aliphatic rings. The Morgan fingerprint density at radius 3 is 2.60 bits per heavy atom. The number of nitrogens with two attached hydrogens (primary N) is 2. The summed E-state index contributed by atoms with van der Waals surface area (Å²) in [7, 11) is 3.04. The number of hydrogen-bond acceptors (Lipinski definition) is 8. The van der Waals surface area contributed by atoms with Gasteiger partial charge in [0, 0.05) is 5.56 Å². The van der Waals surface area contributed by atoms with Crippen molar-refractivity contribution in [3.63, 3.8) is 0 Å². The van der Waals surface area contributed by atoms with Crippen molar-refractivity contribution in [2.45, 2.75) is 0 Å². The number of aromatic amines is 1. The van der Waals surface area contributed by atoms with Crippen LogP contribution in [0.5, 0.6) is 11.5 Å². The molecule has 0 saturated carbocycles. The predicted molar refractivity (Wildman–Crippen MR) is 93.4 cm³/mol. The molecule has 3 rings (SSSR count). The Balaban J connectivity index is 1.86. The third-order valence-corrected chi connectivity index (χ3v) is 3.48. The van der Waals surface area contributed by atoms with E-state index in [0.29, 0.717) is 34.1 Å². The SMILES string of the molecule is COc1ccc(C(=O)/C=C/c2nc3nc(N)nc(N)c3[nH]2)cc1OC. The molecule has 0 atom stereocenters. The number of benzene rings is 1. The molecule has 0 spiro atoms. The fraction of sp³-hybridized carbons (Fsp3) is 0.125. The first-order valence-electron chi connectivity index (χ1n) is 7.25. The van der Waals surface area contributed by atoms with E-state index >= 15 is 0 Å². The molecular formula is C16H16N6O3. The number of hydrogen-bond donors (Lipinski definition) is 3. The summed E-state index contributed by atoms with van der Waals surface area (Å²) in [6, 6.07) is 4.92. The lowest BCUT2D eigenvalue weighted by molar-refractivity contribution is 0.104. The van der Waals surface area contributed by atoms with Crippen molar-refractivity contribution in [1.29, 1.82) is 0 Å². The summed E-state index contributed by atoms with van der Waals surface area (Å²) in [5, 5.41) is 0. The van der Waals surface area contributed by atoms with Crippen LogP contribution in [0.15, 0.2) is 24.3 Å². The van der Waals surface area contributed by atoms with Gasteiger partial charge in [-0.1, -0.05) is 0 Å². The number of ether oxygens (including phenoxy) is 2. The Kier molecular flexibility index (Phi) is 4.21. The molecule has 5 N–H and O–H groups in total. The number of ketones is 1. The molecule has 0 unspecified atom stereocenters. The number of nitrogens with one attached hydrogen (secondary N) is 1. The van der Waals surface area contributed by atoms with Crippen molar-refractivity contribution in [1.82, 2.24) is 19.9 Å². The van der Waals surface area contributed by atoms with Crippen LogP contribution in [0.4, 0.5) is 11.8 Å². The Hall–Kier alpha value is -3.62. The molecular weight excluding hydrogens is 324 g/mol. The predicted octanol–water partition coefficient (Wildman–Crippen LogP) is 1.43. The number of methoxy groups -OCH3 is 2. The lowest BCUT2D eigenvalue weighted by Crippen LogP contribution is -1.99. The lowest BCUT2D eigenvalue weighted by atomic mass is 10.1. The van der Waals surface area contributed by atoms with Crippen LogP contribution in [-0.4, -0.2) is 39.9 Å². The fourth-order valence-corrected chi connectivity index (χ4v) is 2.27. The summed E-state index contributed by atoms with van der Waals surface area (Å²) in [6.45, 7) is 0. The van der Waals surface area contributed by atoms with Crippen LogP contribution in [-0.2, 0) is 0 Å². The summed E-state index contributed by atoms with van der Waals surface area (Å²) in [5.41, 5.74) is 12.5. The van der Waals surface area contributed by atoms with E-state index in [1.807, 2.05) is 0 Å². The lowest BCUT2D eigenvalue weighted by Gasteiger charge is -2.07. The molecule has 0 saturated heterocycles. The maximum Gasteiger partial charge on any atom is 0.224 e. The summed E-state index contributed by atoms with van der Waals surface area (Å²) >= 11 is 0. The van der Waals surface area contributed by atoms with Gasteiger partial charge in [-0.25, -0.2) is 4.98 Å². The third-order valence-electron chi connectivity index (χ3n) is 3.48. The van der Waals surface area contributed by atoms with Crippen LogP contribution in [0.1, 0.15) is 16.2 Å². The van der Waals surface area contributed by atoms with Gasteiger partial charge in [-0.05, 0) is 30.4 Å². The van der Waals surface area contributed by atoms with Crippen molar-refractivity contribution in [2.24, 2.45) is 0 Å². The van der Waals surface area contributed by atoms with E-state index in [4.69, 9.17) is 20.9 Å². The second-order valence-corrected chi connectivity index (χ2v) is 5.06.